The predicted octanol–water partition coefficient (Wildman–Crippen LogP) is 5.07. The zero-order valence-electron chi connectivity index (χ0n) is 18.4. The number of rotatable bonds is 6. The molecular formula is C26H24N4O2S. The first kappa shape index (κ1) is 21.0. The van der Waals surface area contributed by atoms with E-state index in [0.29, 0.717) is 5.11 Å². The highest BCUT2D eigenvalue weighted by Crippen LogP contribution is 2.44. The summed E-state index contributed by atoms with van der Waals surface area (Å²) in [6.45, 7) is 0. The lowest BCUT2D eigenvalue weighted by Gasteiger charge is -2.30. The van der Waals surface area contributed by atoms with Gasteiger partial charge in [-0.05, 0) is 60.7 Å². The number of nitrogens with zero attached hydrogens (tertiary/aromatic N) is 3. The first-order chi connectivity index (χ1) is 16.2. The molecular weight excluding hydrogens is 432 g/mol. The smallest absolute Gasteiger partial charge is 0.174 e. The SMILES string of the molecule is COc1cccc(-n2cccc2[C@@H]2[C@@H](c3ccccn3)NC(=S)N2c2ccccc2OC)c1. The zero-order valence-corrected chi connectivity index (χ0v) is 19.2. The maximum Gasteiger partial charge on any atom is 0.174 e. The molecule has 33 heavy (non-hydrogen) atoms. The van der Waals surface area contributed by atoms with Crippen molar-refractivity contribution in [1.29, 1.82) is 0 Å². The van der Waals surface area contributed by atoms with Crippen LogP contribution in [0.3, 0.4) is 0 Å². The molecule has 0 unspecified atom stereocenters. The van der Waals surface area contributed by atoms with Crippen molar-refractivity contribution in [2.24, 2.45) is 0 Å². The lowest BCUT2D eigenvalue weighted by atomic mass is 10.0. The van der Waals surface area contributed by atoms with Gasteiger partial charge in [0.2, 0.25) is 0 Å². The number of hydrogen-bond donors (Lipinski definition) is 1. The van der Waals surface area contributed by atoms with Crippen LogP contribution in [-0.4, -0.2) is 28.9 Å². The van der Waals surface area contributed by atoms with Crippen molar-refractivity contribution in [3.8, 4) is 17.2 Å². The number of para-hydroxylation sites is 2. The van der Waals surface area contributed by atoms with Crippen molar-refractivity contribution in [3.05, 3.63) is 103 Å². The molecule has 7 heteroatoms. The molecule has 1 fully saturated rings. The molecule has 1 saturated heterocycles. The van der Waals surface area contributed by atoms with Crippen LogP contribution in [0.25, 0.3) is 5.69 Å². The van der Waals surface area contributed by atoms with Crippen LogP contribution in [0.4, 0.5) is 5.69 Å². The van der Waals surface area contributed by atoms with E-state index in [4.69, 9.17) is 21.7 Å². The van der Waals surface area contributed by atoms with Gasteiger partial charge in [-0.25, -0.2) is 0 Å². The number of ether oxygens (including phenoxy) is 2. The lowest BCUT2D eigenvalue weighted by molar-refractivity contribution is 0.413. The maximum absolute atomic E-state index is 5.86. The molecule has 0 spiro atoms. The molecule has 0 radical (unpaired) electrons. The minimum Gasteiger partial charge on any atom is -0.497 e. The molecule has 6 nitrogen and oxygen atoms in total. The molecule has 1 aliphatic rings. The average molecular weight is 457 g/mol. The fraction of sp³-hybridized carbons (Fsp3) is 0.154. The van der Waals surface area contributed by atoms with Gasteiger partial charge < -0.3 is 24.3 Å². The molecule has 2 aromatic carbocycles. The van der Waals surface area contributed by atoms with Crippen LogP contribution in [0.1, 0.15) is 23.5 Å². The number of aromatic nitrogens is 2. The van der Waals surface area contributed by atoms with Crippen LogP contribution < -0.4 is 19.7 Å². The molecule has 4 aromatic rings. The summed E-state index contributed by atoms with van der Waals surface area (Å²) in [5, 5.41) is 4.13. The average Bonchev–Trinajstić information content (AvgIpc) is 3.48. The summed E-state index contributed by atoms with van der Waals surface area (Å²) in [6, 6.07) is 25.7. The Labute approximate surface area is 198 Å². The molecule has 0 amide bonds. The summed E-state index contributed by atoms with van der Waals surface area (Å²) < 4.78 is 13.3. The Balaban J connectivity index is 1.69. The molecule has 2 aromatic heterocycles. The van der Waals surface area contributed by atoms with Gasteiger partial charge in [-0.3, -0.25) is 4.98 Å². The summed E-state index contributed by atoms with van der Waals surface area (Å²) in [5.74, 6) is 1.56. The molecule has 1 aliphatic heterocycles. The highest BCUT2D eigenvalue weighted by Gasteiger charge is 2.43. The number of thiocarbonyl (C=S) groups is 1. The maximum atomic E-state index is 5.86. The summed E-state index contributed by atoms with van der Waals surface area (Å²) in [7, 11) is 3.35. The second-order valence-electron chi connectivity index (χ2n) is 7.67. The molecule has 2 atom stereocenters. The van der Waals surface area contributed by atoms with E-state index in [0.717, 1.165) is 34.3 Å². The van der Waals surface area contributed by atoms with Gasteiger partial charge in [0.25, 0.3) is 0 Å². The van der Waals surface area contributed by atoms with E-state index in [1.807, 2.05) is 72.9 Å². The van der Waals surface area contributed by atoms with Crippen LogP contribution in [0.2, 0.25) is 0 Å². The van der Waals surface area contributed by atoms with E-state index in [2.05, 4.69) is 38.1 Å². The second-order valence-corrected chi connectivity index (χ2v) is 8.06. The van der Waals surface area contributed by atoms with Gasteiger partial charge in [0, 0.05) is 29.8 Å². The number of nitrogens with one attached hydrogen (secondary N) is 1. The Kier molecular flexibility index (Phi) is 5.71. The Morgan fingerprint density at radius 2 is 1.76 bits per heavy atom. The summed E-state index contributed by atoms with van der Waals surface area (Å²) in [5.41, 5.74) is 3.89. The minimum absolute atomic E-state index is 0.150. The van der Waals surface area contributed by atoms with E-state index < -0.39 is 0 Å². The highest BCUT2D eigenvalue weighted by atomic mass is 32.1. The van der Waals surface area contributed by atoms with E-state index >= 15 is 0 Å². The third kappa shape index (κ3) is 3.81. The van der Waals surface area contributed by atoms with Crippen molar-refractivity contribution in [2.75, 3.05) is 19.1 Å². The topological polar surface area (TPSA) is 51.5 Å². The monoisotopic (exact) mass is 456 g/mol. The molecule has 5 rings (SSSR count). The molecule has 0 aliphatic carbocycles. The van der Waals surface area contributed by atoms with E-state index in [9.17, 15) is 0 Å². The number of anilines is 1. The Hall–Kier alpha value is -3.84. The third-order valence-corrected chi connectivity index (χ3v) is 6.17. The van der Waals surface area contributed by atoms with E-state index in [1.165, 1.54) is 0 Å². The lowest BCUT2D eigenvalue weighted by Crippen LogP contribution is -2.30. The van der Waals surface area contributed by atoms with Crippen molar-refractivity contribution in [3.63, 3.8) is 0 Å². The van der Waals surface area contributed by atoms with E-state index in [1.54, 1.807) is 14.2 Å². The standard InChI is InChI=1S/C26H24N4O2S/c1-31-19-10-7-9-18(17-19)29-16-8-13-22(29)25-24(20-11-5-6-15-27-20)28-26(33)30(25)21-12-3-4-14-23(21)32-2/h3-17,24-25H,1-2H3,(H,28,33)/t24-,25-/m1/s1. The van der Waals surface area contributed by atoms with Gasteiger partial charge in [-0.2, -0.15) is 0 Å². The van der Waals surface area contributed by atoms with Gasteiger partial charge in [0.15, 0.2) is 5.11 Å². The fourth-order valence-corrected chi connectivity index (χ4v) is 4.71. The first-order valence-electron chi connectivity index (χ1n) is 10.7. The number of methoxy groups -OCH3 is 2. The largest absolute Gasteiger partial charge is 0.497 e. The van der Waals surface area contributed by atoms with Crippen molar-refractivity contribution >= 4 is 23.0 Å². The number of hydrogen-bond acceptors (Lipinski definition) is 4. The van der Waals surface area contributed by atoms with Gasteiger partial charge >= 0.3 is 0 Å². The van der Waals surface area contributed by atoms with Crippen LogP contribution in [-0.2, 0) is 0 Å². The molecule has 0 saturated carbocycles. The molecule has 3 heterocycles. The van der Waals surface area contributed by atoms with Gasteiger partial charge in [-0.1, -0.05) is 24.3 Å². The summed E-state index contributed by atoms with van der Waals surface area (Å²) >= 11 is 5.86. The Bertz CT molecular complexity index is 1270. The minimum atomic E-state index is -0.162. The van der Waals surface area contributed by atoms with Crippen LogP contribution >= 0.6 is 12.2 Å². The molecule has 166 valence electrons. The van der Waals surface area contributed by atoms with Crippen molar-refractivity contribution in [2.45, 2.75) is 12.1 Å². The number of pyridine rings is 1. The van der Waals surface area contributed by atoms with Gasteiger partial charge in [-0.15, -0.1) is 0 Å². The summed E-state index contributed by atoms with van der Waals surface area (Å²) in [6.07, 6.45) is 3.87. The van der Waals surface area contributed by atoms with E-state index in [-0.39, 0.29) is 12.1 Å². The van der Waals surface area contributed by atoms with Crippen molar-refractivity contribution < 1.29 is 9.47 Å². The van der Waals surface area contributed by atoms with Crippen LogP contribution in [0.5, 0.6) is 11.5 Å². The Morgan fingerprint density at radius 3 is 2.55 bits per heavy atom. The highest BCUT2D eigenvalue weighted by molar-refractivity contribution is 7.80. The first-order valence-corrected chi connectivity index (χ1v) is 11.1. The Morgan fingerprint density at radius 1 is 0.909 bits per heavy atom. The number of benzene rings is 2. The zero-order chi connectivity index (χ0) is 22.8. The molecule has 1 N–H and O–H groups in total. The molecule has 0 bridgehead atoms. The quantitative estimate of drug-likeness (QED) is 0.409. The normalized spacial score (nSPS) is 17.6. The second kappa shape index (κ2) is 8.96. The third-order valence-electron chi connectivity index (χ3n) is 5.86. The predicted molar refractivity (Wildman–Crippen MR) is 133 cm³/mol. The van der Waals surface area contributed by atoms with Gasteiger partial charge in [0.05, 0.1) is 31.6 Å². The van der Waals surface area contributed by atoms with Crippen LogP contribution in [0.15, 0.2) is 91.3 Å². The van der Waals surface area contributed by atoms with Gasteiger partial charge in [0.1, 0.15) is 17.5 Å². The fourth-order valence-electron chi connectivity index (χ4n) is 4.37. The van der Waals surface area contributed by atoms with Crippen LogP contribution in [0, 0.1) is 0 Å². The summed E-state index contributed by atoms with van der Waals surface area (Å²) in [4.78, 5) is 6.77. The van der Waals surface area contributed by atoms with Crippen molar-refractivity contribution in [1.82, 2.24) is 14.9 Å².